The lowest BCUT2D eigenvalue weighted by atomic mass is 10.1. The highest BCUT2D eigenvalue weighted by Gasteiger charge is 2.11. The molecule has 0 spiro atoms. The molecule has 0 amide bonds. The van der Waals surface area contributed by atoms with Crippen LogP contribution in [0.5, 0.6) is 17.4 Å². The zero-order chi connectivity index (χ0) is 16.4. The van der Waals surface area contributed by atoms with Crippen molar-refractivity contribution in [3.05, 3.63) is 74.4 Å². The van der Waals surface area contributed by atoms with Crippen LogP contribution in [0, 0.1) is 0 Å². The van der Waals surface area contributed by atoms with Gasteiger partial charge < -0.3 is 9.84 Å². The molecule has 7 heteroatoms. The van der Waals surface area contributed by atoms with Gasteiger partial charge >= 0.3 is 5.69 Å². The second-order valence-corrected chi connectivity index (χ2v) is 5.15. The van der Waals surface area contributed by atoms with Crippen LogP contribution in [0.2, 0.25) is 5.02 Å². The van der Waals surface area contributed by atoms with E-state index in [1.165, 1.54) is 0 Å². The summed E-state index contributed by atoms with van der Waals surface area (Å²) < 4.78 is 5.64. The minimum Gasteiger partial charge on any atom is -0.494 e. The van der Waals surface area contributed by atoms with Crippen LogP contribution in [-0.4, -0.2) is 15.1 Å². The third-order valence-electron chi connectivity index (χ3n) is 3.12. The summed E-state index contributed by atoms with van der Waals surface area (Å²) in [5.41, 5.74) is -0.998. The molecule has 23 heavy (non-hydrogen) atoms. The number of ether oxygens (including phenoxy) is 1. The summed E-state index contributed by atoms with van der Waals surface area (Å²) in [6.45, 7) is 0. The third kappa shape index (κ3) is 3.27. The van der Waals surface area contributed by atoms with Gasteiger partial charge in [0.15, 0.2) is 0 Å². The Morgan fingerprint density at radius 3 is 2.00 bits per heavy atom. The van der Waals surface area contributed by atoms with Crippen molar-refractivity contribution in [2.24, 2.45) is 0 Å². The van der Waals surface area contributed by atoms with Crippen LogP contribution in [0.4, 0.5) is 0 Å². The predicted molar refractivity (Wildman–Crippen MR) is 86.3 cm³/mol. The first-order valence-corrected chi connectivity index (χ1v) is 7.00. The molecule has 6 nitrogen and oxygen atoms in total. The second kappa shape index (κ2) is 6.02. The largest absolute Gasteiger partial charge is 0.494 e. The van der Waals surface area contributed by atoms with E-state index in [2.05, 4.69) is 9.97 Å². The van der Waals surface area contributed by atoms with Crippen molar-refractivity contribution in [3.8, 4) is 28.5 Å². The highest BCUT2D eigenvalue weighted by Crippen LogP contribution is 2.27. The van der Waals surface area contributed by atoms with Gasteiger partial charge in [-0.05, 0) is 42.0 Å². The van der Waals surface area contributed by atoms with Crippen LogP contribution in [0.25, 0.3) is 11.1 Å². The lowest BCUT2D eigenvalue weighted by Gasteiger charge is -2.07. The third-order valence-corrected chi connectivity index (χ3v) is 3.37. The molecule has 0 aliphatic heterocycles. The molecule has 0 radical (unpaired) electrons. The lowest BCUT2D eigenvalue weighted by Crippen LogP contribution is -2.23. The van der Waals surface area contributed by atoms with E-state index < -0.39 is 17.1 Å². The minimum absolute atomic E-state index is 0.0114. The maximum Gasteiger partial charge on any atom is 0.328 e. The Morgan fingerprint density at radius 1 is 0.870 bits per heavy atom. The minimum atomic E-state index is -0.765. The standard InChI is InChI=1S/C16H11ClN2O4/c17-10-3-7-12(8-4-10)23-11-5-1-9(2-6-11)13-14(20)18-16(22)19-15(13)21/h1-8H,(H3,18,19,20,21,22). The number of hydrogen-bond donors (Lipinski definition) is 3. The highest BCUT2D eigenvalue weighted by atomic mass is 35.5. The van der Waals surface area contributed by atoms with Gasteiger partial charge in [-0.25, -0.2) is 4.79 Å². The van der Waals surface area contributed by atoms with Crippen molar-refractivity contribution in [2.75, 3.05) is 0 Å². The van der Waals surface area contributed by atoms with Crippen molar-refractivity contribution >= 4 is 11.6 Å². The number of benzene rings is 2. The van der Waals surface area contributed by atoms with Gasteiger partial charge in [-0.3, -0.25) is 14.8 Å². The normalized spacial score (nSPS) is 10.5. The van der Waals surface area contributed by atoms with E-state index in [1.54, 1.807) is 48.5 Å². The number of nitrogens with one attached hydrogen (secondary N) is 2. The van der Waals surface area contributed by atoms with E-state index >= 15 is 0 Å². The highest BCUT2D eigenvalue weighted by molar-refractivity contribution is 6.30. The van der Waals surface area contributed by atoms with E-state index in [1.807, 2.05) is 0 Å². The van der Waals surface area contributed by atoms with Crippen molar-refractivity contribution in [3.63, 3.8) is 0 Å². The fraction of sp³-hybridized carbons (Fsp3) is 0. The van der Waals surface area contributed by atoms with E-state index in [0.29, 0.717) is 22.1 Å². The van der Waals surface area contributed by atoms with Gasteiger partial charge in [0.2, 0.25) is 5.88 Å². The van der Waals surface area contributed by atoms with Gasteiger partial charge in [0.25, 0.3) is 5.56 Å². The summed E-state index contributed by atoms with van der Waals surface area (Å²) in [6, 6.07) is 13.4. The van der Waals surface area contributed by atoms with E-state index in [4.69, 9.17) is 16.3 Å². The first-order valence-electron chi connectivity index (χ1n) is 6.62. The number of halogens is 1. The Balaban J connectivity index is 1.89. The Morgan fingerprint density at radius 2 is 1.43 bits per heavy atom. The topological polar surface area (TPSA) is 95.2 Å². The molecule has 3 rings (SSSR count). The van der Waals surface area contributed by atoms with Crippen molar-refractivity contribution in [1.29, 1.82) is 0 Å². The summed E-state index contributed by atoms with van der Waals surface area (Å²) in [5.74, 6) is 0.688. The van der Waals surface area contributed by atoms with Gasteiger partial charge in [-0.2, -0.15) is 0 Å². The molecule has 0 unspecified atom stereocenters. The fourth-order valence-electron chi connectivity index (χ4n) is 2.07. The molecule has 0 saturated heterocycles. The van der Waals surface area contributed by atoms with Gasteiger partial charge in [0.05, 0.1) is 0 Å². The average Bonchev–Trinajstić information content (AvgIpc) is 2.50. The Bertz CT molecular complexity index is 944. The van der Waals surface area contributed by atoms with Crippen molar-refractivity contribution in [1.82, 2.24) is 9.97 Å². The Labute approximate surface area is 135 Å². The molecule has 0 bridgehead atoms. The van der Waals surface area contributed by atoms with Crippen LogP contribution < -0.4 is 16.0 Å². The maximum absolute atomic E-state index is 11.8. The van der Waals surface area contributed by atoms with Crippen LogP contribution in [0.1, 0.15) is 0 Å². The SMILES string of the molecule is O=c1[nH]c(O)c(-c2ccc(Oc3ccc(Cl)cc3)cc2)c(=O)[nH]1. The number of aromatic nitrogens is 2. The molecule has 116 valence electrons. The molecule has 3 aromatic rings. The number of H-pyrrole nitrogens is 2. The van der Waals surface area contributed by atoms with E-state index in [9.17, 15) is 14.7 Å². The fourth-order valence-corrected chi connectivity index (χ4v) is 2.20. The first kappa shape index (κ1) is 14.9. The van der Waals surface area contributed by atoms with Crippen LogP contribution in [0.3, 0.4) is 0 Å². The summed E-state index contributed by atoms with van der Waals surface area (Å²) >= 11 is 5.81. The second-order valence-electron chi connectivity index (χ2n) is 4.71. The van der Waals surface area contributed by atoms with Gasteiger partial charge in [0.1, 0.15) is 17.1 Å². The van der Waals surface area contributed by atoms with Gasteiger partial charge in [0, 0.05) is 5.02 Å². The quantitative estimate of drug-likeness (QED) is 0.688. The van der Waals surface area contributed by atoms with Gasteiger partial charge in [-0.1, -0.05) is 23.7 Å². The summed E-state index contributed by atoms with van der Waals surface area (Å²) in [6.07, 6.45) is 0. The predicted octanol–water partition coefficient (Wildman–Crippen LogP) is 2.88. The Hall–Kier alpha value is -2.99. The lowest BCUT2D eigenvalue weighted by molar-refractivity contribution is 0.451. The molecular weight excluding hydrogens is 320 g/mol. The summed E-state index contributed by atoms with van der Waals surface area (Å²) in [7, 11) is 0. The van der Waals surface area contributed by atoms with Crippen molar-refractivity contribution < 1.29 is 9.84 Å². The maximum atomic E-state index is 11.8. The zero-order valence-corrected chi connectivity index (χ0v) is 12.4. The number of aromatic amines is 2. The zero-order valence-electron chi connectivity index (χ0n) is 11.7. The molecule has 0 fully saturated rings. The molecular formula is C16H11ClN2O4. The molecule has 0 aliphatic rings. The van der Waals surface area contributed by atoms with Crippen LogP contribution in [-0.2, 0) is 0 Å². The average molecular weight is 331 g/mol. The smallest absolute Gasteiger partial charge is 0.328 e. The molecule has 3 N–H and O–H groups in total. The molecule has 0 aliphatic carbocycles. The molecule has 0 atom stereocenters. The van der Waals surface area contributed by atoms with E-state index in [-0.39, 0.29) is 5.56 Å². The number of aromatic hydroxyl groups is 1. The molecule has 1 heterocycles. The summed E-state index contributed by atoms with van der Waals surface area (Å²) in [5, 5.41) is 10.3. The van der Waals surface area contributed by atoms with Gasteiger partial charge in [-0.15, -0.1) is 0 Å². The number of hydrogen-bond acceptors (Lipinski definition) is 4. The monoisotopic (exact) mass is 330 g/mol. The van der Waals surface area contributed by atoms with Crippen molar-refractivity contribution in [2.45, 2.75) is 0 Å². The first-order chi connectivity index (χ1) is 11.0. The van der Waals surface area contributed by atoms with E-state index in [0.717, 1.165) is 0 Å². The number of rotatable bonds is 3. The van der Waals surface area contributed by atoms with Crippen LogP contribution >= 0.6 is 11.6 Å². The summed E-state index contributed by atoms with van der Waals surface area (Å²) in [4.78, 5) is 27.1. The molecule has 0 saturated carbocycles. The Kier molecular flexibility index (Phi) is 3.91. The van der Waals surface area contributed by atoms with Crippen LogP contribution in [0.15, 0.2) is 58.1 Å². The molecule has 2 aromatic carbocycles. The molecule has 1 aromatic heterocycles.